The van der Waals surface area contributed by atoms with Gasteiger partial charge in [-0.25, -0.2) is 0 Å². The second-order valence-electron chi connectivity index (χ2n) is 2.46. The van der Waals surface area contributed by atoms with E-state index in [-0.39, 0.29) is 0 Å². The standard InChI is InChI=1S/C10H11NO/c1-8(2)12-9(3)10-4-6-11-7-5-10/h4-7H,1,3H2,2H3. The van der Waals surface area contributed by atoms with Gasteiger partial charge in [-0.15, -0.1) is 0 Å². The largest absolute Gasteiger partial charge is 0.463 e. The van der Waals surface area contributed by atoms with Gasteiger partial charge in [-0.1, -0.05) is 13.2 Å². The first-order valence-corrected chi connectivity index (χ1v) is 3.63. The van der Waals surface area contributed by atoms with E-state index in [4.69, 9.17) is 4.74 Å². The van der Waals surface area contributed by atoms with Gasteiger partial charge >= 0.3 is 0 Å². The molecule has 0 spiro atoms. The van der Waals surface area contributed by atoms with Crippen molar-refractivity contribution in [2.45, 2.75) is 6.92 Å². The predicted octanol–water partition coefficient (Wildman–Crippen LogP) is 2.60. The lowest BCUT2D eigenvalue weighted by atomic mass is 10.2. The van der Waals surface area contributed by atoms with E-state index < -0.39 is 0 Å². The molecule has 1 rings (SSSR count). The minimum absolute atomic E-state index is 0.602. The van der Waals surface area contributed by atoms with Crippen molar-refractivity contribution in [2.24, 2.45) is 0 Å². The number of aromatic nitrogens is 1. The highest BCUT2D eigenvalue weighted by atomic mass is 16.5. The number of rotatable bonds is 3. The van der Waals surface area contributed by atoms with Crippen LogP contribution in [0.5, 0.6) is 0 Å². The van der Waals surface area contributed by atoms with Crippen molar-refractivity contribution >= 4 is 5.76 Å². The molecule has 0 saturated carbocycles. The highest BCUT2D eigenvalue weighted by Crippen LogP contribution is 2.14. The van der Waals surface area contributed by atoms with Crippen LogP contribution in [-0.4, -0.2) is 4.98 Å². The molecule has 0 aliphatic rings. The molecule has 0 aliphatic heterocycles. The van der Waals surface area contributed by atoms with Gasteiger partial charge in [-0.05, 0) is 19.1 Å². The maximum Gasteiger partial charge on any atom is 0.127 e. The fraction of sp³-hybridized carbons (Fsp3) is 0.100. The Morgan fingerprint density at radius 1 is 1.33 bits per heavy atom. The summed E-state index contributed by atoms with van der Waals surface area (Å²) in [6, 6.07) is 3.68. The summed E-state index contributed by atoms with van der Waals surface area (Å²) in [6.07, 6.45) is 3.39. The molecule has 0 amide bonds. The third kappa shape index (κ3) is 2.23. The molecule has 2 heteroatoms. The first-order chi connectivity index (χ1) is 5.70. The van der Waals surface area contributed by atoms with Crippen LogP contribution in [0.3, 0.4) is 0 Å². The summed E-state index contributed by atoms with van der Waals surface area (Å²) in [5.41, 5.74) is 0.924. The Bertz CT molecular complexity index is 290. The Balaban J connectivity index is 2.73. The van der Waals surface area contributed by atoms with Gasteiger partial charge in [0, 0.05) is 18.0 Å². The van der Waals surface area contributed by atoms with E-state index >= 15 is 0 Å². The summed E-state index contributed by atoms with van der Waals surface area (Å²) >= 11 is 0. The second kappa shape index (κ2) is 3.72. The molecule has 0 bridgehead atoms. The summed E-state index contributed by atoms with van der Waals surface area (Å²) in [5, 5.41) is 0. The van der Waals surface area contributed by atoms with E-state index in [9.17, 15) is 0 Å². The fourth-order valence-electron chi connectivity index (χ4n) is 0.807. The molecule has 0 radical (unpaired) electrons. The topological polar surface area (TPSA) is 22.1 Å². The zero-order chi connectivity index (χ0) is 8.97. The Hall–Kier alpha value is -1.57. The molecule has 0 aliphatic carbocycles. The van der Waals surface area contributed by atoms with Crippen LogP contribution in [0.4, 0.5) is 0 Å². The Morgan fingerprint density at radius 2 is 1.92 bits per heavy atom. The number of allylic oxidation sites excluding steroid dienone is 1. The lowest BCUT2D eigenvalue weighted by Gasteiger charge is -2.06. The maximum atomic E-state index is 5.22. The minimum Gasteiger partial charge on any atom is -0.463 e. The number of hydrogen-bond acceptors (Lipinski definition) is 2. The molecule has 0 N–H and O–H groups in total. The average molecular weight is 161 g/mol. The zero-order valence-electron chi connectivity index (χ0n) is 7.08. The molecule has 1 heterocycles. The number of ether oxygens (including phenoxy) is 1. The molecule has 1 aromatic rings. The zero-order valence-corrected chi connectivity index (χ0v) is 7.08. The van der Waals surface area contributed by atoms with Gasteiger partial charge in [-0.2, -0.15) is 0 Å². The summed E-state index contributed by atoms with van der Waals surface area (Å²) in [7, 11) is 0. The van der Waals surface area contributed by atoms with E-state index in [1.54, 1.807) is 19.3 Å². The van der Waals surface area contributed by atoms with Gasteiger partial charge in [0.15, 0.2) is 0 Å². The summed E-state index contributed by atoms with van der Waals surface area (Å²) < 4.78 is 5.22. The first-order valence-electron chi connectivity index (χ1n) is 3.63. The molecule has 0 atom stereocenters. The monoisotopic (exact) mass is 161 g/mol. The molecule has 1 aromatic heterocycles. The van der Waals surface area contributed by atoms with Crippen LogP contribution in [0, 0.1) is 0 Å². The summed E-state index contributed by atoms with van der Waals surface area (Å²) in [5.74, 6) is 1.24. The van der Waals surface area contributed by atoms with Crippen LogP contribution in [0.15, 0.2) is 43.4 Å². The highest BCUT2D eigenvalue weighted by Gasteiger charge is 1.97. The first kappa shape index (κ1) is 8.53. The van der Waals surface area contributed by atoms with E-state index in [0.717, 1.165) is 5.56 Å². The van der Waals surface area contributed by atoms with E-state index in [1.807, 2.05) is 12.1 Å². The lowest BCUT2D eigenvalue weighted by molar-refractivity contribution is 0.388. The van der Waals surface area contributed by atoms with E-state index in [0.29, 0.717) is 11.5 Å². The molecular formula is C10H11NO. The van der Waals surface area contributed by atoms with Crippen LogP contribution in [0.25, 0.3) is 5.76 Å². The molecule has 0 aromatic carbocycles. The molecule has 0 unspecified atom stereocenters. The van der Waals surface area contributed by atoms with Crippen LogP contribution in [0.1, 0.15) is 12.5 Å². The molecule has 2 nitrogen and oxygen atoms in total. The van der Waals surface area contributed by atoms with Crippen LogP contribution in [0.2, 0.25) is 0 Å². The summed E-state index contributed by atoms with van der Waals surface area (Å²) in [6.45, 7) is 9.16. The van der Waals surface area contributed by atoms with Gasteiger partial charge in [0.25, 0.3) is 0 Å². The molecule has 0 fully saturated rings. The van der Waals surface area contributed by atoms with Gasteiger partial charge < -0.3 is 4.74 Å². The maximum absolute atomic E-state index is 5.22. The molecular weight excluding hydrogens is 150 g/mol. The highest BCUT2D eigenvalue weighted by molar-refractivity contribution is 5.57. The molecule has 62 valence electrons. The van der Waals surface area contributed by atoms with Crippen molar-refractivity contribution in [3.05, 3.63) is 49.0 Å². The fourth-order valence-corrected chi connectivity index (χ4v) is 0.807. The number of nitrogens with zero attached hydrogens (tertiary/aromatic N) is 1. The van der Waals surface area contributed by atoms with E-state index in [2.05, 4.69) is 18.1 Å². The Labute approximate surface area is 72.2 Å². The SMILES string of the molecule is C=C(C)OC(=C)c1ccncc1. The summed E-state index contributed by atoms with van der Waals surface area (Å²) in [4.78, 5) is 3.89. The van der Waals surface area contributed by atoms with Gasteiger partial charge in [-0.3, -0.25) is 4.98 Å². The van der Waals surface area contributed by atoms with Crippen LogP contribution >= 0.6 is 0 Å². The van der Waals surface area contributed by atoms with Gasteiger partial charge in [0.05, 0.1) is 5.76 Å². The normalized spacial score (nSPS) is 9.08. The van der Waals surface area contributed by atoms with Crippen molar-refractivity contribution < 1.29 is 4.74 Å². The van der Waals surface area contributed by atoms with Gasteiger partial charge in [0.2, 0.25) is 0 Å². The smallest absolute Gasteiger partial charge is 0.127 e. The van der Waals surface area contributed by atoms with Crippen molar-refractivity contribution in [3.63, 3.8) is 0 Å². The second-order valence-corrected chi connectivity index (χ2v) is 2.46. The number of pyridine rings is 1. The molecule has 0 saturated heterocycles. The quantitative estimate of drug-likeness (QED) is 0.636. The third-order valence-corrected chi connectivity index (χ3v) is 1.30. The molecule has 12 heavy (non-hydrogen) atoms. The van der Waals surface area contributed by atoms with Crippen molar-refractivity contribution in [2.75, 3.05) is 0 Å². The van der Waals surface area contributed by atoms with Crippen LogP contribution in [-0.2, 0) is 4.74 Å². The predicted molar refractivity (Wildman–Crippen MR) is 49.2 cm³/mol. The van der Waals surface area contributed by atoms with Gasteiger partial charge in [0.1, 0.15) is 5.76 Å². The Morgan fingerprint density at radius 3 is 2.42 bits per heavy atom. The van der Waals surface area contributed by atoms with E-state index in [1.165, 1.54) is 0 Å². The van der Waals surface area contributed by atoms with Crippen LogP contribution < -0.4 is 0 Å². The minimum atomic E-state index is 0.602. The third-order valence-electron chi connectivity index (χ3n) is 1.30. The van der Waals surface area contributed by atoms with Crippen molar-refractivity contribution in [1.29, 1.82) is 0 Å². The van der Waals surface area contributed by atoms with Crippen molar-refractivity contribution in [3.8, 4) is 0 Å². The lowest BCUT2D eigenvalue weighted by Crippen LogP contribution is -1.87. The Kier molecular flexibility index (Phi) is 2.64. The average Bonchev–Trinajstić information content (AvgIpc) is 2.05. The van der Waals surface area contributed by atoms with Crippen molar-refractivity contribution in [1.82, 2.24) is 4.98 Å². The number of hydrogen-bond donors (Lipinski definition) is 0.